The molecule has 2 aromatic heterocycles. The number of rotatable bonds is 8. The number of aromatic amines is 2. The number of ether oxygens (including phenoxy) is 1. The summed E-state index contributed by atoms with van der Waals surface area (Å²) in [5, 5.41) is 0. The minimum absolute atomic E-state index is 0.0674. The topological polar surface area (TPSA) is 110 Å². The average Bonchev–Trinajstić information content (AvgIpc) is 3.69. The number of nitrogens with one attached hydrogen (secondary N) is 2. The van der Waals surface area contributed by atoms with Gasteiger partial charge in [0.25, 0.3) is 0 Å². The molecule has 1 spiro atoms. The normalized spacial score (nSPS) is 18.9. The van der Waals surface area contributed by atoms with Crippen molar-refractivity contribution < 1.29 is 27.1 Å². The number of halogens is 4. The Morgan fingerprint density at radius 1 is 1.07 bits per heavy atom. The molecular weight excluding hydrogens is 594 g/mol. The number of nitrogens with zero attached hydrogens (tertiary/aromatic N) is 5. The molecule has 2 aliphatic heterocycles. The number of amides is 1. The van der Waals surface area contributed by atoms with Crippen molar-refractivity contribution in [1.29, 1.82) is 0 Å². The monoisotopic (exact) mass is 627 g/mol. The van der Waals surface area contributed by atoms with E-state index in [1.165, 1.54) is 26.1 Å². The lowest BCUT2D eigenvalue weighted by Gasteiger charge is -2.27. The van der Waals surface area contributed by atoms with Crippen LogP contribution in [0.3, 0.4) is 0 Å². The SMILES string of the molecule is CC(C)C(=O)N(CC(F)(F)F)c1cc(F)ccc1Oc1nccc(N2CCC3(CCN(Cc4ccc5[nH]c(=O)[nH]c5c4)C3)C2)n1. The lowest BCUT2D eigenvalue weighted by atomic mass is 9.86. The van der Waals surface area contributed by atoms with E-state index in [2.05, 4.69) is 29.7 Å². The molecule has 4 aromatic rings. The Morgan fingerprint density at radius 3 is 2.62 bits per heavy atom. The van der Waals surface area contributed by atoms with Gasteiger partial charge in [-0.1, -0.05) is 19.9 Å². The molecule has 0 aliphatic carbocycles. The molecule has 6 rings (SSSR count). The van der Waals surface area contributed by atoms with Crippen molar-refractivity contribution in [2.75, 3.05) is 42.5 Å². The van der Waals surface area contributed by atoms with Gasteiger partial charge in [-0.15, -0.1) is 0 Å². The van der Waals surface area contributed by atoms with E-state index in [9.17, 15) is 27.2 Å². The van der Waals surface area contributed by atoms with Crippen LogP contribution in [0.25, 0.3) is 11.0 Å². The minimum atomic E-state index is -4.72. The second kappa shape index (κ2) is 11.8. The van der Waals surface area contributed by atoms with Gasteiger partial charge in [0.15, 0.2) is 5.75 Å². The van der Waals surface area contributed by atoms with Crippen LogP contribution in [0.1, 0.15) is 32.3 Å². The number of alkyl halides is 3. The molecule has 0 radical (unpaired) electrons. The van der Waals surface area contributed by atoms with Crippen LogP contribution in [0.5, 0.6) is 11.8 Å². The molecule has 2 aromatic carbocycles. The molecule has 1 atom stereocenters. The lowest BCUT2D eigenvalue weighted by molar-refractivity contribution is -0.134. The predicted octanol–water partition coefficient (Wildman–Crippen LogP) is 5.23. The number of aromatic nitrogens is 4. The number of carbonyl (C=O) groups excluding carboxylic acids is 1. The Hall–Kier alpha value is -4.46. The van der Waals surface area contributed by atoms with E-state index >= 15 is 0 Å². The molecule has 10 nitrogen and oxygen atoms in total. The van der Waals surface area contributed by atoms with Gasteiger partial charge >= 0.3 is 17.9 Å². The third-order valence-electron chi connectivity index (χ3n) is 8.40. The van der Waals surface area contributed by atoms with Crippen molar-refractivity contribution in [2.45, 2.75) is 39.4 Å². The molecule has 2 fully saturated rings. The number of hydrogen-bond acceptors (Lipinski definition) is 7. The number of benzene rings is 2. The van der Waals surface area contributed by atoms with E-state index in [1.807, 2.05) is 18.2 Å². The zero-order valence-corrected chi connectivity index (χ0v) is 24.8. The van der Waals surface area contributed by atoms with Crippen molar-refractivity contribution in [2.24, 2.45) is 11.3 Å². The highest BCUT2D eigenvalue weighted by Gasteiger charge is 2.44. The van der Waals surface area contributed by atoms with Gasteiger partial charge in [-0.3, -0.25) is 14.6 Å². The van der Waals surface area contributed by atoms with Crippen LogP contribution < -0.4 is 20.2 Å². The fourth-order valence-electron chi connectivity index (χ4n) is 6.28. The van der Waals surface area contributed by atoms with Crippen LogP contribution in [0, 0.1) is 17.2 Å². The Balaban J connectivity index is 1.16. The van der Waals surface area contributed by atoms with Crippen LogP contribution in [0.15, 0.2) is 53.5 Å². The Labute approximate surface area is 256 Å². The van der Waals surface area contributed by atoms with E-state index in [-0.39, 0.29) is 28.6 Å². The van der Waals surface area contributed by atoms with Crippen LogP contribution in [0.2, 0.25) is 0 Å². The van der Waals surface area contributed by atoms with Crippen LogP contribution in [0.4, 0.5) is 29.1 Å². The Morgan fingerprint density at radius 2 is 1.84 bits per heavy atom. The van der Waals surface area contributed by atoms with Gasteiger partial charge < -0.3 is 19.6 Å². The molecular formula is C31H33F4N7O3. The highest BCUT2D eigenvalue weighted by Crippen LogP contribution is 2.42. The summed E-state index contributed by atoms with van der Waals surface area (Å²) in [7, 11) is 0. The highest BCUT2D eigenvalue weighted by molar-refractivity contribution is 5.96. The third kappa shape index (κ3) is 6.80. The molecule has 4 heterocycles. The third-order valence-corrected chi connectivity index (χ3v) is 8.40. The standard InChI is InChI=1S/C31H33F4N7O3/c1-19(2)27(43)42(18-31(33,34)35)24-14-21(32)4-6-25(24)45-29-36-10-7-26(39-29)41-12-9-30(17-41)8-11-40(16-30)15-20-3-5-22-23(13-20)38-28(44)37-22/h3-7,10,13-14,19H,8-9,11-12,15-18H2,1-2H3,(H2,37,38,44). The van der Waals surface area contributed by atoms with Crippen molar-refractivity contribution >= 4 is 28.4 Å². The van der Waals surface area contributed by atoms with Crippen molar-refractivity contribution in [3.63, 3.8) is 0 Å². The Bertz CT molecular complexity index is 1770. The number of likely N-dealkylation sites (tertiary alicyclic amines) is 1. The maximum Gasteiger partial charge on any atom is 0.406 e. The van der Waals surface area contributed by atoms with Gasteiger partial charge in [0.2, 0.25) is 5.91 Å². The van der Waals surface area contributed by atoms with Crippen LogP contribution >= 0.6 is 0 Å². The first-order chi connectivity index (χ1) is 21.4. The minimum Gasteiger partial charge on any atom is -0.422 e. The summed E-state index contributed by atoms with van der Waals surface area (Å²) in [6.45, 7) is 5.45. The summed E-state index contributed by atoms with van der Waals surface area (Å²) in [5.41, 5.74) is 2.17. The van der Waals surface area contributed by atoms with Gasteiger partial charge in [-0.05, 0) is 55.3 Å². The van der Waals surface area contributed by atoms with Gasteiger partial charge in [0, 0.05) is 49.8 Å². The van der Waals surface area contributed by atoms with Crippen molar-refractivity contribution in [1.82, 2.24) is 24.8 Å². The fourth-order valence-corrected chi connectivity index (χ4v) is 6.28. The molecule has 45 heavy (non-hydrogen) atoms. The first-order valence-electron chi connectivity index (χ1n) is 14.7. The molecule has 0 saturated carbocycles. The quantitative estimate of drug-likeness (QED) is 0.258. The predicted molar refractivity (Wildman–Crippen MR) is 160 cm³/mol. The molecule has 2 aliphatic rings. The fraction of sp³-hybridized carbons (Fsp3) is 0.419. The van der Waals surface area contributed by atoms with Crippen LogP contribution in [-0.4, -0.2) is 69.6 Å². The number of hydrogen-bond donors (Lipinski definition) is 2. The molecule has 2 N–H and O–H groups in total. The van der Waals surface area contributed by atoms with Crippen LogP contribution in [-0.2, 0) is 11.3 Å². The molecule has 1 amide bonds. The van der Waals surface area contributed by atoms with Crippen molar-refractivity contribution in [3.05, 3.63) is 70.5 Å². The van der Waals surface area contributed by atoms with Gasteiger partial charge in [0.05, 0.1) is 16.7 Å². The summed E-state index contributed by atoms with van der Waals surface area (Å²) in [6, 6.07) is 10.6. The van der Waals surface area contributed by atoms with E-state index in [1.54, 1.807) is 6.07 Å². The van der Waals surface area contributed by atoms with Gasteiger partial charge in [-0.25, -0.2) is 14.2 Å². The first kappa shape index (κ1) is 30.6. The average molecular weight is 628 g/mol. The van der Waals surface area contributed by atoms with E-state index in [0.29, 0.717) is 10.7 Å². The van der Waals surface area contributed by atoms with Crippen molar-refractivity contribution in [3.8, 4) is 11.8 Å². The molecule has 0 bridgehead atoms. The number of carbonyl (C=O) groups is 1. The van der Waals surface area contributed by atoms with Gasteiger partial charge in [-0.2, -0.15) is 18.2 Å². The zero-order chi connectivity index (χ0) is 31.9. The summed E-state index contributed by atoms with van der Waals surface area (Å²) < 4.78 is 60.4. The molecule has 1 unspecified atom stereocenters. The second-order valence-electron chi connectivity index (χ2n) is 12.2. The molecule has 2 saturated heterocycles. The molecule has 238 valence electrons. The summed E-state index contributed by atoms with van der Waals surface area (Å²) in [5.74, 6) is -1.98. The zero-order valence-electron chi connectivity index (χ0n) is 24.8. The maximum absolute atomic E-state index is 14.2. The number of H-pyrrole nitrogens is 2. The smallest absolute Gasteiger partial charge is 0.406 e. The summed E-state index contributed by atoms with van der Waals surface area (Å²) in [4.78, 5) is 43.6. The van der Waals surface area contributed by atoms with E-state index < -0.39 is 30.4 Å². The Kier molecular flexibility index (Phi) is 8.02. The van der Waals surface area contributed by atoms with Gasteiger partial charge in [0.1, 0.15) is 18.2 Å². The highest BCUT2D eigenvalue weighted by atomic mass is 19.4. The largest absolute Gasteiger partial charge is 0.422 e. The molecule has 14 heteroatoms. The summed E-state index contributed by atoms with van der Waals surface area (Å²) >= 11 is 0. The summed E-state index contributed by atoms with van der Waals surface area (Å²) in [6.07, 6.45) is -1.25. The first-order valence-corrected chi connectivity index (χ1v) is 14.7. The lowest BCUT2D eigenvalue weighted by Crippen LogP contribution is -2.41. The number of fused-ring (bicyclic) bond motifs is 1. The number of imidazole rings is 1. The van der Waals surface area contributed by atoms with E-state index in [0.717, 1.165) is 74.3 Å². The second-order valence-corrected chi connectivity index (χ2v) is 12.2. The van der Waals surface area contributed by atoms with E-state index in [4.69, 9.17) is 4.74 Å². The maximum atomic E-state index is 14.2. The number of anilines is 2.